The Bertz CT molecular complexity index is 324. The maximum atomic E-state index is 11.1. The van der Waals surface area contributed by atoms with Crippen LogP contribution < -0.4 is 5.32 Å². The fourth-order valence-corrected chi connectivity index (χ4v) is 1.49. The Balaban J connectivity index is 2.48. The van der Waals surface area contributed by atoms with Gasteiger partial charge in [0.1, 0.15) is 0 Å². The van der Waals surface area contributed by atoms with Gasteiger partial charge in [0.25, 0.3) is 0 Å². The summed E-state index contributed by atoms with van der Waals surface area (Å²) < 4.78 is 0. The summed E-state index contributed by atoms with van der Waals surface area (Å²) in [7, 11) is 0. The normalized spacial score (nSPS) is 14.2. The van der Waals surface area contributed by atoms with Crippen LogP contribution in [0, 0.1) is 5.92 Å². The predicted octanol–water partition coefficient (Wildman–Crippen LogP) is 1.88. The van der Waals surface area contributed by atoms with Crippen molar-refractivity contribution in [3.63, 3.8) is 0 Å². The molecule has 2 unspecified atom stereocenters. The van der Waals surface area contributed by atoms with Crippen LogP contribution in [-0.4, -0.2) is 17.6 Å². The van der Waals surface area contributed by atoms with Crippen molar-refractivity contribution in [1.29, 1.82) is 0 Å². The Morgan fingerprint density at radius 2 is 2.00 bits per heavy atom. The average Bonchev–Trinajstić information content (AvgIpc) is 2.35. The third-order valence-corrected chi connectivity index (χ3v) is 2.62. The van der Waals surface area contributed by atoms with Gasteiger partial charge >= 0.3 is 0 Å². The van der Waals surface area contributed by atoms with E-state index in [2.05, 4.69) is 5.32 Å². The van der Waals surface area contributed by atoms with E-state index in [0.29, 0.717) is 13.0 Å². The minimum absolute atomic E-state index is 0.0119. The van der Waals surface area contributed by atoms with Gasteiger partial charge in [-0.1, -0.05) is 44.2 Å². The van der Waals surface area contributed by atoms with Crippen LogP contribution in [0.15, 0.2) is 30.3 Å². The summed E-state index contributed by atoms with van der Waals surface area (Å²) >= 11 is 0. The van der Waals surface area contributed by atoms with Crippen molar-refractivity contribution < 1.29 is 9.90 Å². The van der Waals surface area contributed by atoms with E-state index in [9.17, 15) is 9.90 Å². The summed E-state index contributed by atoms with van der Waals surface area (Å²) in [6.07, 6.45) is -0.0490. The molecule has 2 N–H and O–H groups in total. The number of benzene rings is 1. The van der Waals surface area contributed by atoms with Crippen molar-refractivity contribution in [3.05, 3.63) is 35.9 Å². The van der Waals surface area contributed by atoms with Crippen LogP contribution >= 0.6 is 0 Å². The zero-order chi connectivity index (χ0) is 12.0. The number of amides is 1. The smallest absolute Gasteiger partial charge is 0.219 e. The van der Waals surface area contributed by atoms with E-state index in [1.165, 1.54) is 0 Å². The minimum Gasteiger partial charge on any atom is -0.388 e. The molecule has 0 bridgehead atoms. The van der Waals surface area contributed by atoms with Crippen LogP contribution in [-0.2, 0) is 4.79 Å². The maximum absolute atomic E-state index is 11.1. The molecule has 3 heteroatoms. The molecular weight excluding hydrogens is 202 g/mol. The second kappa shape index (κ2) is 6.28. The van der Waals surface area contributed by atoms with E-state index in [1.807, 2.05) is 44.2 Å². The summed E-state index contributed by atoms with van der Waals surface area (Å²) in [6, 6.07) is 9.50. The van der Waals surface area contributed by atoms with Crippen LogP contribution in [0.1, 0.15) is 31.9 Å². The molecule has 1 aromatic rings. The lowest BCUT2D eigenvalue weighted by Crippen LogP contribution is -2.30. The number of nitrogens with one attached hydrogen (secondary N) is 1. The molecule has 88 valence electrons. The summed E-state index contributed by atoms with van der Waals surface area (Å²) in [5.74, 6) is 0.0324. The molecule has 3 nitrogen and oxygen atoms in total. The molecule has 0 saturated carbocycles. The third kappa shape index (κ3) is 3.66. The molecule has 0 aliphatic heterocycles. The molecule has 16 heavy (non-hydrogen) atoms. The first-order chi connectivity index (χ1) is 7.65. The maximum Gasteiger partial charge on any atom is 0.219 e. The SMILES string of the molecule is CCC(=O)NCC(C)C(O)c1ccccc1. The summed E-state index contributed by atoms with van der Waals surface area (Å²) in [4.78, 5) is 11.1. The zero-order valence-corrected chi connectivity index (χ0v) is 9.81. The van der Waals surface area contributed by atoms with Gasteiger partial charge in [-0.3, -0.25) is 4.79 Å². The highest BCUT2D eigenvalue weighted by Gasteiger charge is 2.16. The minimum atomic E-state index is -0.529. The molecule has 0 heterocycles. The van der Waals surface area contributed by atoms with Gasteiger partial charge in [0.2, 0.25) is 5.91 Å². The molecule has 0 aliphatic rings. The lowest BCUT2D eigenvalue weighted by atomic mass is 9.97. The average molecular weight is 221 g/mol. The molecule has 1 amide bonds. The first-order valence-corrected chi connectivity index (χ1v) is 5.64. The van der Waals surface area contributed by atoms with Gasteiger partial charge < -0.3 is 10.4 Å². The quantitative estimate of drug-likeness (QED) is 0.797. The number of hydrogen-bond donors (Lipinski definition) is 2. The van der Waals surface area contributed by atoms with Crippen molar-refractivity contribution in [2.45, 2.75) is 26.4 Å². The Morgan fingerprint density at radius 3 is 2.56 bits per heavy atom. The van der Waals surface area contributed by atoms with Crippen LogP contribution in [0.3, 0.4) is 0 Å². The van der Waals surface area contributed by atoms with Crippen molar-refractivity contribution in [1.82, 2.24) is 5.32 Å². The van der Waals surface area contributed by atoms with Gasteiger partial charge in [0.05, 0.1) is 6.10 Å². The molecule has 2 atom stereocenters. The van der Waals surface area contributed by atoms with Crippen molar-refractivity contribution >= 4 is 5.91 Å². The number of aliphatic hydroxyl groups excluding tert-OH is 1. The summed E-state index contributed by atoms with van der Waals surface area (Å²) in [5, 5.41) is 12.8. The van der Waals surface area contributed by atoms with Gasteiger partial charge in [0.15, 0.2) is 0 Å². The number of rotatable bonds is 5. The highest BCUT2D eigenvalue weighted by Crippen LogP contribution is 2.20. The Hall–Kier alpha value is -1.35. The predicted molar refractivity (Wildman–Crippen MR) is 63.9 cm³/mol. The molecule has 0 spiro atoms. The van der Waals surface area contributed by atoms with E-state index in [4.69, 9.17) is 0 Å². The summed E-state index contributed by atoms with van der Waals surface area (Å²) in [6.45, 7) is 4.24. The standard InChI is InChI=1S/C13H19NO2/c1-3-12(15)14-9-10(2)13(16)11-7-5-4-6-8-11/h4-8,10,13,16H,3,9H2,1-2H3,(H,14,15). The first kappa shape index (κ1) is 12.7. The monoisotopic (exact) mass is 221 g/mol. The van der Waals surface area contributed by atoms with Gasteiger partial charge in [-0.05, 0) is 5.56 Å². The lowest BCUT2D eigenvalue weighted by Gasteiger charge is -2.19. The van der Waals surface area contributed by atoms with E-state index in [1.54, 1.807) is 0 Å². The second-order valence-corrected chi connectivity index (χ2v) is 3.99. The first-order valence-electron chi connectivity index (χ1n) is 5.64. The third-order valence-electron chi connectivity index (χ3n) is 2.62. The topological polar surface area (TPSA) is 49.3 Å². The fourth-order valence-electron chi connectivity index (χ4n) is 1.49. The molecule has 0 fully saturated rings. The van der Waals surface area contributed by atoms with E-state index in [0.717, 1.165) is 5.56 Å². The molecule has 0 aliphatic carbocycles. The van der Waals surface area contributed by atoms with E-state index >= 15 is 0 Å². The molecule has 0 saturated heterocycles. The van der Waals surface area contributed by atoms with Crippen LogP contribution in [0.5, 0.6) is 0 Å². The van der Waals surface area contributed by atoms with Crippen LogP contribution in [0.2, 0.25) is 0 Å². The number of hydrogen-bond acceptors (Lipinski definition) is 2. The number of carbonyl (C=O) groups is 1. The van der Waals surface area contributed by atoms with Gasteiger partial charge in [0, 0.05) is 18.9 Å². The van der Waals surface area contributed by atoms with Crippen molar-refractivity contribution in [2.75, 3.05) is 6.54 Å². The van der Waals surface area contributed by atoms with Crippen molar-refractivity contribution in [2.24, 2.45) is 5.92 Å². The Labute approximate surface area is 96.5 Å². The highest BCUT2D eigenvalue weighted by molar-refractivity contribution is 5.75. The lowest BCUT2D eigenvalue weighted by molar-refractivity contribution is -0.121. The molecule has 1 rings (SSSR count). The van der Waals surface area contributed by atoms with Gasteiger partial charge in [-0.25, -0.2) is 0 Å². The Morgan fingerprint density at radius 1 is 1.38 bits per heavy atom. The molecule has 0 aromatic heterocycles. The fraction of sp³-hybridized carbons (Fsp3) is 0.462. The van der Waals surface area contributed by atoms with E-state index in [-0.39, 0.29) is 11.8 Å². The molecular formula is C13H19NO2. The number of aliphatic hydroxyl groups is 1. The zero-order valence-electron chi connectivity index (χ0n) is 9.81. The van der Waals surface area contributed by atoms with E-state index < -0.39 is 6.10 Å². The highest BCUT2D eigenvalue weighted by atomic mass is 16.3. The van der Waals surface area contributed by atoms with Crippen LogP contribution in [0.4, 0.5) is 0 Å². The van der Waals surface area contributed by atoms with Crippen molar-refractivity contribution in [3.8, 4) is 0 Å². The molecule has 0 radical (unpaired) electrons. The molecule has 1 aromatic carbocycles. The largest absolute Gasteiger partial charge is 0.388 e. The second-order valence-electron chi connectivity index (χ2n) is 3.99. The van der Waals surface area contributed by atoms with Crippen LogP contribution in [0.25, 0.3) is 0 Å². The van der Waals surface area contributed by atoms with Gasteiger partial charge in [-0.15, -0.1) is 0 Å². The summed E-state index contributed by atoms with van der Waals surface area (Å²) in [5.41, 5.74) is 0.890. The van der Waals surface area contributed by atoms with Gasteiger partial charge in [-0.2, -0.15) is 0 Å². The Kier molecular flexibility index (Phi) is 4.99. The number of carbonyl (C=O) groups excluding carboxylic acids is 1.